The number of nitrogens with zero attached hydrogens (tertiary/aromatic N) is 1. The molecule has 30 heavy (non-hydrogen) atoms. The lowest BCUT2D eigenvalue weighted by Gasteiger charge is -2.22. The number of alkyl carbamates (subject to hydrolysis) is 2. The van der Waals surface area contributed by atoms with E-state index in [2.05, 4.69) is 10.6 Å². The Morgan fingerprint density at radius 2 is 1.83 bits per heavy atom. The lowest BCUT2D eigenvalue weighted by Crippen LogP contribution is -2.43. The number of para-hydroxylation sites is 1. The number of aliphatic carboxylic acids is 1. The van der Waals surface area contributed by atoms with Gasteiger partial charge in [0.15, 0.2) is 0 Å². The van der Waals surface area contributed by atoms with Crippen molar-refractivity contribution in [3.05, 3.63) is 39.9 Å². The number of benzene rings is 1. The number of nitrogens with one attached hydrogen (secondary N) is 2. The topological polar surface area (TPSA) is 157 Å². The zero-order valence-electron chi connectivity index (χ0n) is 17.2. The minimum absolute atomic E-state index is 0.137. The molecule has 1 rings (SSSR count). The van der Waals surface area contributed by atoms with Crippen LogP contribution in [0.15, 0.2) is 24.3 Å². The van der Waals surface area contributed by atoms with E-state index in [-0.39, 0.29) is 30.8 Å². The van der Waals surface area contributed by atoms with Crippen LogP contribution in [0, 0.1) is 10.1 Å². The number of hydrogen-bond donors (Lipinski definition) is 3. The van der Waals surface area contributed by atoms with Gasteiger partial charge in [0.1, 0.15) is 18.2 Å². The maximum Gasteiger partial charge on any atom is 0.408 e. The summed E-state index contributed by atoms with van der Waals surface area (Å²) < 4.78 is 10.00. The van der Waals surface area contributed by atoms with Gasteiger partial charge in [-0.1, -0.05) is 12.1 Å². The van der Waals surface area contributed by atoms with Crippen LogP contribution in [0.5, 0.6) is 0 Å². The van der Waals surface area contributed by atoms with E-state index in [0.717, 1.165) is 0 Å². The minimum Gasteiger partial charge on any atom is -0.480 e. The molecule has 0 radical (unpaired) electrons. The SMILES string of the molecule is CC(C)(C)OC(=O)N[C@@H](CCCCNC(=O)OCc1ccccc1[N+](=O)[O-])C(=O)O. The molecule has 1 atom stereocenters. The van der Waals surface area contributed by atoms with Crippen LogP contribution in [0.2, 0.25) is 0 Å². The maximum absolute atomic E-state index is 11.7. The lowest BCUT2D eigenvalue weighted by molar-refractivity contribution is -0.385. The number of hydrogen-bond acceptors (Lipinski definition) is 7. The number of carboxylic acids is 1. The maximum atomic E-state index is 11.7. The van der Waals surface area contributed by atoms with Crippen molar-refractivity contribution < 1.29 is 33.9 Å². The predicted octanol–water partition coefficient (Wildman–Crippen LogP) is 2.97. The summed E-state index contributed by atoms with van der Waals surface area (Å²) in [7, 11) is 0. The Bertz CT molecular complexity index is 760. The molecule has 1 aromatic carbocycles. The van der Waals surface area contributed by atoms with Crippen molar-refractivity contribution in [1.29, 1.82) is 0 Å². The molecule has 166 valence electrons. The third kappa shape index (κ3) is 9.71. The number of amides is 2. The average molecular weight is 425 g/mol. The fourth-order valence-electron chi connectivity index (χ4n) is 2.38. The van der Waals surface area contributed by atoms with Gasteiger partial charge in [0.2, 0.25) is 0 Å². The Kier molecular flexibility index (Phi) is 9.53. The zero-order chi connectivity index (χ0) is 22.7. The quantitative estimate of drug-likeness (QED) is 0.293. The number of nitro benzene ring substituents is 1. The minimum atomic E-state index is -1.18. The van der Waals surface area contributed by atoms with Gasteiger partial charge in [-0.2, -0.15) is 0 Å². The van der Waals surface area contributed by atoms with Crippen molar-refractivity contribution in [3.8, 4) is 0 Å². The summed E-state index contributed by atoms with van der Waals surface area (Å²) in [5.41, 5.74) is -0.602. The van der Waals surface area contributed by atoms with Crippen LogP contribution in [0.25, 0.3) is 0 Å². The second-order valence-electron chi connectivity index (χ2n) is 7.42. The highest BCUT2D eigenvalue weighted by atomic mass is 16.6. The Labute approximate surface area is 173 Å². The number of rotatable bonds is 10. The smallest absolute Gasteiger partial charge is 0.408 e. The van der Waals surface area contributed by atoms with Crippen molar-refractivity contribution in [1.82, 2.24) is 10.6 Å². The van der Waals surface area contributed by atoms with E-state index in [0.29, 0.717) is 12.8 Å². The Morgan fingerprint density at radius 3 is 2.43 bits per heavy atom. The average Bonchev–Trinajstić information content (AvgIpc) is 2.63. The molecule has 1 aromatic rings. The van der Waals surface area contributed by atoms with Gasteiger partial charge in [0, 0.05) is 12.6 Å². The van der Waals surface area contributed by atoms with Gasteiger partial charge in [-0.3, -0.25) is 10.1 Å². The van der Waals surface area contributed by atoms with E-state index in [9.17, 15) is 29.6 Å². The number of carbonyl (C=O) groups is 3. The Hall–Kier alpha value is -3.37. The summed E-state index contributed by atoms with van der Waals surface area (Å²) in [6.07, 6.45) is -0.541. The molecule has 0 aromatic heterocycles. The fraction of sp³-hybridized carbons (Fsp3) is 0.526. The largest absolute Gasteiger partial charge is 0.480 e. The van der Waals surface area contributed by atoms with Gasteiger partial charge >= 0.3 is 18.2 Å². The standard InChI is InChI=1S/C19H27N3O8/c1-19(2,3)30-18(26)21-14(16(23)24)9-6-7-11-20-17(25)29-12-13-8-4-5-10-15(13)22(27)28/h4-5,8,10,14H,6-7,9,11-12H2,1-3H3,(H,20,25)(H,21,26)(H,23,24)/t14-/m0/s1. The molecule has 0 spiro atoms. The van der Waals surface area contributed by atoms with Crippen LogP contribution in [0.3, 0.4) is 0 Å². The van der Waals surface area contributed by atoms with Crippen molar-refractivity contribution in [2.75, 3.05) is 6.54 Å². The van der Waals surface area contributed by atoms with Gasteiger partial charge in [-0.15, -0.1) is 0 Å². The molecule has 0 aliphatic carbocycles. The predicted molar refractivity (Wildman–Crippen MR) is 106 cm³/mol. The van der Waals surface area contributed by atoms with Gasteiger partial charge in [-0.25, -0.2) is 14.4 Å². The molecule has 0 unspecified atom stereocenters. The molecule has 0 fully saturated rings. The molecule has 2 amide bonds. The molecule has 11 heteroatoms. The van der Waals surface area contributed by atoms with Crippen LogP contribution < -0.4 is 10.6 Å². The van der Waals surface area contributed by atoms with Crippen LogP contribution in [0.1, 0.15) is 45.6 Å². The highest BCUT2D eigenvalue weighted by Crippen LogP contribution is 2.18. The number of ether oxygens (including phenoxy) is 2. The number of nitro groups is 1. The first-order chi connectivity index (χ1) is 14.0. The van der Waals surface area contributed by atoms with Crippen LogP contribution in [-0.4, -0.2) is 46.4 Å². The van der Waals surface area contributed by atoms with E-state index in [1.165, 1.54) is 18.2 Å². The van der Waals surface area contributed by atoms with E-state index in [1.807, 2.05) is 0 Å². The zero-order valence-corrected chi connectivity index (χ0v) is 17.2. The molecule has 3 N–H and O–H groups in total. The third-order valence-corrected chi connectivity index (χ3v) is 3.73. The fourth-order valence-corrected chi connectivity index (χ4v) is 2.38. The van der Waals surface area contributed by atoms with Gasteiger partial charge in [-0.05, 0) is 46.1 Å². The monoisotopic (exact) mass is 425 g/mol. The first-order valence-electron chi connectivity index (χ1n) is 9.35. The molecule has 11 nitrogen and oxygen atoms in total. The van der Waals surface area contributed by atoms with Crippen molar-refractivity contribution in [2.24, 2.45) is 0 Å². The number of carboxylic acid groups (broad SMARTS) is 1. The molecule has 0 bridgehead atoms. The number of carbonyl (C=O) groups excluding carboxylic acids is 2. The van der Waals surface area contributed by atoms with E-state index in [1.54, 1.807) is 26.8 Å². The van der Waals surface area contributed by atoms with Gasteiger partial charge in [0.05, 0.1) is 10.5 Å². The Morgan fingerprint density at radius 1 is 1.17 bits per heavy atom. The summed E-state index contributed by atoms with van der Waals surface area (Å²) in [4.78, 5) is 45.0. The van der Waals surface area contributed by atoms with Crippen molar-refractivity contribution >= 4 is 23.8 Å². The van der Waals surface area contributed by atoms with Gasteiger partial charge < -0.3 is 25.2 Å². The Balaban J connectivity index is 2.31. The third-order valence-electron chi connectivity index (χ3n) is 3.73. The highest BCUT2D eigenvalue weighted by molar-refractivity contribution is 5.79. The first-order valence-corrected chi connectivity index (χ1v) is 9.35. The molecule has 0 saturated heterocycles. The van der Waals surface area contributed by atoms with Crippen LogP contribution >= 0.6 is 0 Å². The summed E-state index contributed by atoms with van der Waals surface area (Å²) in [6.45, 7) is 4.98. The molecular weight excluding hydrogens is 398 g/mol. The molecule has 0 aliphatic heterocycles. The highest BCUT2D eigenvalue weighted by Gasteiger charge is 2.23. The summed E-state index contributed by atoms with van der Waals surface area (Å²) in [5, 5.41) is 24.9. The van der Waals surface area contributed by atoms with Crippen molar-refractivity contribution in [3.63, 3.8) is 0 Å². The number of unbranched alkanes of at least 4 members (excludes halogenated alkanes) is 1. The summed E-state index contributed by atoms with van der Waals surface area (Å²) in [6, 6.07) is 4.83. The van der Waals surface area contributed by atoms with E-state index >= 15 is 0 Å². The first kappa shape index (κ1) is 24.7. The van der Waals surface area contributed by atoms with Crippen LogP contribution in [0.4, 0.5) is 15.3 Å². The lowest BCUT2D eigenvalue weighted by atomic mass is 10.1. The molecular formula is C19H27N3O8. The second-order valence-corrected chi connectivity index (χ2v) is 7.42. The molecule has 0 saturated carbocycles. The van der Waals surface area contributed by atoms with E-state index in [4.69, 9.17) is 9.47 Å². The normalized spacial score (nSPS) is 11.8. The van der Waals surface area contributed by atoms with Crippen LogP contribution in [-0.2, 0) is 20.9 Å². The van der Waals surface area contributed by atoms with Gasteiger partial charge in [0.25, 0.3) is 5.69 Å². The van der Waals surface area contributed by atoms with Crippen molar-refractivity contribution in [2.45, 2.75) is 58.3 Å². The molecule has 0 heterocycles. The second kappa shape index (κ2) is 11.6. The summed E-state index contributed by atoms with van der Waals surface area (Å²) in [5.74, 6) is -1.18. The van der Waals surface area contributed by atoms with E-state index < -0.39 is 34.7 Å². The summed E-state index contributed by atoms with van der Waals surface area (Å²) >= 11 is 0. The molecule has 0 aliphatic rings.